The Kier molecular flexibility index (Phi) is 14.5. The number of carbonyl (C=O) groups is 1. The van der Waals surface area contributed by atoms with Gasteiger partial charge in [-0.05, 0) is 12.5 Å². The maximum absolute atomic E-state index is 10.1. The molecule has 86 valence electrons. The molecular weight excluding hydrogens is 233 g/mol. The zero-order valence-electron chi connectivity index (χ0n) is 9.88. The molecule has 0 aliphatic rings. The summed E-state index contributed by atoms with van der Waals surface area (Å²) in [5.41, 5.74) is 5.10. The Bertz CT molecular complexity index is 283. The van der Waals surface area contributed by atoms with E-state index in [2.05, 4.69) is 6.58 Å². The normalized spacial score (nSPS) is 11.4. The summed E-state index contributed by atoms with van der Waals surface area (Å²) in [7, 11) is -3.82. The molecule has 0 spiro atoms. The van der Waals surface area contributed by atoms with E-state index in [9.17, 15) is 13.2 Å². The minimum absolute atomic E-state index is 0. The van der Waals surface area contributed by atoms with Crippen molar-refractivity contribution in [1.29, 1.82) is 0 Å². The van der Waals surface area contributed by atoms with Gasteiger partial charge in [0.2, 0.25) is 0 Å². The second-order valence-electron chi connectivity index (χ2n) is 2.63. The standard InChI is InChI=1S/C4H11NO3S.C3H4O2.Na.H/c1-4(2-5)3-9(6,7)8;1-2-3(4)5;;/h4H,2-3,5H2,1H3,(H,6,7,8);2H,1H2,(H,4,5);;/q;;+1;-1. The van der Waals surface area contributed by atoms with Crippen molar-refractivity contribution in [1.82, 2.24) is 0 Å². The minimum Gasteiger partial charge on any atom is -1.00 e. The Morgan fingerprint density at radius 1 is 1.67 bits per heavy atom. The molecule has 0 aromatic rings. The van der Waals surface area contributed by atoms with Gasteiger partial charge in [0.05, 0.1) is 5.75 Å². The molecule has 0 heterocycles. The molecule has 0 aromatic heterocycles. The number of rotatable bonds is 4. The average Bonchev–Trinajstić information content (AvgIpc) is 2.02. The fourth-order valence-electron chi connectivity index (χ4n) is 0.428. The maximum atomic E-state index is 10.1. The van der Waals surface area contributed by atoms with Crippen LogP contribution in [0.25, 0.3) is 0 Å². The Hall–Kier alpha value is 0.0800. The average molecular weight is 249 g/mol. The predicted octanol–water partition coefficient (Wildman–Crippen LogP) is -3.16. The predicted molar refractivity (Wildman–Crippen MR) is 53.6 cm³/mol. The van der Waals surface area contributed by atoms with E-state index in [1.165, 1.54) is 0 Å². The van der Waals surface area contributed by atoms with Crippen LogP contribution in [0.2, 0.25) is 0 Å². The zero-order chi connectivity index (χ0) is 11.8. The van der Waals surface area contributed by atoms with Crippen LogP contribution in [0.3, 0.4) is 0 Å². The number of carboxylic acid groups (broad SMARTS) is 1. The Balaban J connectivity index is -0.0000000904. The molecule has 1 atom stereocenters. The second-order valence-corrected chi connectivity index (χ2v) is 4.13. The van der Waals surface area contributed by atoms with Crippen LogP contribution in [0.5, 0.6) is 0 Å². The van der Waals surface area contributed by atoms with Crippen molar-refractivity contribution < 1.29 is 53.9 Å². The van der Waals surface area contributed by atoms with Crippen LogP contribution in [0.15, 0.2) is 12.7 Å². The van der Waals surface area contributed by atoms with Gasteiger partial charge in [0.25, 0.3) is 10.1 Å². The van der Waals surface area contributed by atoms with Crippen molar-refractivity contribution in [3.63, 3.8) is 0 Å². The van der Waals surface area contributed by atoms with Crippen LogP contribution in [0.1, 0.15) is 8.35 Å². The molecule has 0 aliphatic carbocycles. The first kappa shape index (κ1) is 20.5. The number of hydrogen-bond acceptors (Lipinski definition) is 4. The first-order chi connectivity index (χ1) is 6.22. The van der Waals surface area contributed by atoms with Crippen molar-refractivity contribution >= 4 is 16.1 Å². The van der Waals surface area contributed by atoms with E-state index in [0.29, 0.717) is 0 Å². The van der Waals surface area contributed by atoms with Crippen molar-refractivity contribution in [2.45, 2.75) is 6.92 Å². The van der Waals surface area contributed by atoms with Crippen LogP contribution in [-0.2, 0) is 14.9 Å². The van der Waals surface area contributed by atoms with Crippen molar-refractivity contribution in [2.75, 3.05) is 12.3 Å². The summed E-state index contributed by atoms with van der Waals surface area (Å²) in [6.45, 7) is 4.90. The summed E-state index contributed by atoms with van der Waals surface area (Å²) < 4.78 is 28.4. The minimum atomic E-state index is -3.82. The Labute approximate surface area is 113 Å². The SMILES string of the molecule is C=CC(=O)O.CC(CN)CS(=O)(=O)O.[H-].[Na+]. The number of aliphatic carboxylic acids is 1. The molecule has 0 fully saturated rings. The molecule has 0 aromatic carbocycles. The summed E-state index contributed by atoms with van der Waals surface area (Å²) in [5.74, 6) is -1.39. The fourth-order valence-corrected chi connectivity index (χ4v) is 1.28. The molecule has 0 saturated carbocycles. The van der Waals surface area contributed by atoms with Crippen LogP contribution >= 0.6 is 0 Å². The largest absolute Gasteiger partial charge is 1.00 e. The van der Waals surface area contributed by atoms with Gasteiger partial charge in [0.1, 0.15) is 0 Å². The van der Waals surface area contributed by atoms with Crippen LogP contribution in [0.4, 0.5) is 0 Å². The molecule has 15 heavy (non-hydrogen) atoms. The van der Waals surface area contributed by atoms with Gasteiger partial charge in [0, 0.05) is 6.08 Å². The third kappa shape index (κ3) is 24.9. The van der Waals surface area contributed by atoms with Gasteiger partial charge in [-0.1, -0.05) is 13.5 Å². The molecule has 4 N–H and O–H groups in total. The topological polar surface area (TPSA) is 118 Å². The van der Waals surface area contributed by atoms with E-state index in [-0.39, 0.29) is 49.2 Å². The quantitative estimate of drug-likeness (QED) is 0.275. The smallest absolute Gasteiger partial charge is 1.00 e. The molecule has 0 amide bonds. The molecule has 6 nitrogen and oxygen atoms in total. The summed E-state index contributed by atoms with van der Waals surface area (Å²) in [5, 5.41) is 7.60. The van der Waals surface area contributed by atoms with Gasteiger partial charge in [-0.3, -0.25) is 4.55 Å². The summed E-state index contributed by atoms with van der Waals surface area (Å²) in [6, 6.07) is 0. The number of nitrogens with two attached hydrogens (primary N) is 1. The van der Waals surface area contributed by atoms with Gasteiger partial charge in [0.15, 0.2) is 0 Å². The van der Waals surface area contributed by atoms with Crippen molar-refractivity contribution in [2.24, 2.45) is 11.7 Å². The molecule has 1 unspecified atom stereocenters. The van der Waals surface area contributed by atoms with Crippen LogP contribution < -0.4 is 35.3 Å². The van der Waals surface area contributed by atoms with E-state index >= 15 is 0 Å². The molecule has 0 aliphatic heterocycles. The molecule has 8 heteroatoms. The summed E-state index contributed by atoms with van der Waals surface area (Å²) >= 11 is 0. The van der Waals surface area contributed by atoms with Crippen LogP contribution in [0, 0.1) is 5.92 Å². The maximum Gasteiger partial charge on any atom is 1.00 e. The molecular formula is C7H16NNaO5S. The zero-order valence-corrected chi connectivity index (χ0v) is 11.7. The molecule has 0 bridgehead atoms. The fraction of sp³-hybridized carbons (Fsp3) is 0.571. The second kappa shape index (κ2) is 10.6. The van der Waals surface area contributed by atoms with Crippen molar-refractivity contribution in [3.05, 3.63) is 12.7 Å². The van der Waals surface area contributed by atoms with Gasteiger partial charge in [-0.2, -0.15) is 8.42 Å². The van der Waals surface area contributed by atoms with Gasteiger partial charge >= 0.3 is 35.5 Å². The van der Waals surface area contributed by atoms with E-state index < -0.39 is 16.1 Å². The Morgan fingerprint density at radius 2 is 2.00 bits per heavy atom. The van der Waals surface area contributed by atoms with Crippen LogP contribution in [-0.4, -0.2) is 36.3 Å². The van der Waals surface area contributed by atoms with E-state index in [1.54, 1.807) is 6.92 Å². The van der Waals surface area contributed by atoms with E-state index in [4.69, 9.17) is 15.4 Å². The van der Waals surface area contributed by atoms with Gasteiger partial charge in [-0.15, -0.1) is 0 Å². The summed E-state index contributed by atoms with van der Waals surface area (Å²) in [6.07, 6.45) is 0.833. The van der Waals surface area contributed by atoms with Gasteiger partial charge < -0.3 is 12.3 Å². The first-order valence-corrected chi connectivity index (χ1v) is 5.34. The third-order valence-corrected chi connectivity index (χ3v) is 2.06. The molecule has 0 rings (SSSR count). The third-order valence-electron chi connectivity index (χ3n) is 1.07. The first-order valence-electron chi connectivity index (χ1n) is 3.73. The Morgan fingerprint density at radius 3 is 2.07 bits per heavy atom. The van der Waals surface area contributed by atoms with E-state index in [0.717, 1.165) is 6.08 Å². The molecule has 0 radical (unpaired) electrons. The molecule has 0 saturated heterocycles. The number of carboxylic acids is 1. The monoisotopic (exact) mass is 249 g/mol. The summed E-state index contributed by atoms with van der Waals surface area (Å²) in [4.78, 5) is 9.25. The van der Waals surface area contributed by atoms with Gasteiger partial charge in [-0.25, -0.2) is 4.79 Å². The number of hydrogen-bond donors (Lipinski definition) is 3. The van der Waals surface area contributed by atoms with E-state index in [1.807, 2.05) is 0 Å². The van der Waals surface area contributed by atoms with Crippen molar-refractivity contribution in [3.8, 4) is 0 Å².